The third kappa shape index (κ3) is 3.20. The number of hydrogen-bond donors (Lipinski definition) is 2. The number of halogens is 3. The minimum atomic E-state index is -3.91. The maximum Gasteiger partial charge on any atom is 0.242 e. The summed E-state index contributed by atoms with van der Waals surface area (Å²) in [5.74, 6) is -0.697. The van der Waals surface area contributed by atoms with E-state index in [1.807, 2.05) is 0 Å². The molecular weight excluding hydrogens is 314 g/mol. The van der Waals surface area contributed by atoms with Crippen molar-refractivity contribution in [2.45, 2.75) is 23.8 Å². The average molecular weight is 327 g/mol. The van der Waals surface area contributed by atoms with Crippen LogP contribution in [0.3, 0.4) is 0 Å². The molecule has 0 aliphatic heterocycles. The minimum Gasteiger partial charge on any atom is -0.329 e. The molecule has 1 unspecified atom stereocenters. The summed E-state index contributed by atoms with van der Waals surface area (Å²) in [6.45, 7) is 0.192. The summed E-state index contributed by atoms with van der Waals surface area (Å²) >= 11 is 11.2. The Labute approximate surface area is 121 Å². The molecule has 8 heteroatoms. The molecule has 1 aliphatic carbocycles. The van der Waals surface area contributed by atoms with E-state index in [0.717, 1.165) is 18.9 Å². The van der Waals surface area contributed by atoms with E-state index >= 15 is 0 Å². The highest BCUT2D eigenvalue weighted by Crippen LogP contribution is 2.34. The molecule has 0 radical (unpaired) electrons. The second-order valence-corrected chi connectivity index (χ2v) is 6.94. The third-order valence-corrected chi connectivity index (χ3v) is 5.35. The molecule has 4 nitrogen and oxygen atoms in total. The van der Waals surface area contributed by atoms with E-state index in [0.29, 0.717) is 0 Å². The van der Waals surface area contributed by atoms with Gasteiger partial charge >= 0.3 is 0 Å². The predicted octanol–water partition coefficient (Wildman–Crippen LogP) is 2.15. The zero-order valence-electron chi connectivity index (χ0n) is 9.87. The Hall–Kier alpha value is -0.400. The molecule has 1 aliphatic rings. The van der Waals surface area contributed by atoms with Crippen LogP contribution in [0, 0.1) is 11.7 Å². The van der Waals surface area contributed by atoms with Crippen LogP contribution in [-0.2, 0) is 10.0 Å². The van der Waals surface area contributed by atoms with E-state index in [2.05, 4.69) is 4.72 Å². The number of sulfonamides is 1. The molecule has 0 aromatic heterocycles. The van der Waals surface area contributed by atoms with Gasteiger partial charge in [0.05, 0.1) is 10.0 Å². The Kier molecular flexibility index (Phi) is 4.37. The summed E-state index contributed by atoms with van der Waals surface area (Å²) in [6, 6.07) is 1.99. The van der Waals surface area contributed by atoms with Crippen molar-refractivity contribution in [2.75, 3.05) is 6.54 Å². The van der Waals surface area contributed by atoms with Gasteiger partial charge in [0.15, 0.2) is 5.82 Å². The molecule has 0 bridgehead atoms. The maximum atomic E-state index is 13.5. The first kappa shape index (κ1) is 15.0. The van der Waals surface area contributed by atoms with E-state index in [-0.39, 0.29) is 28.4 Å². The summed E-state index contributed by atoms with van der Waals surface area (Å²) in [5, 5.41) is -0.729. The molecule has 0 saturated heterocycles. The summed E-state index contributed by atoms with van der Waals surface area (Å²) < 4.78 is 40.3. The number of benzene rings is 1. The topological polar surface area (TPSA) is 72.2 Å². The molecule has 1 aromatic carbocycles. The molecule has 1 atom stereocenters. The second-order valence-electron chi connectivity index (χ2n) is 4.47. The van der Waals surface area contributed by atoms with Crippen molar-refractivity contribution in [3.8, 4) is 0 Å². The fraction of sp³-hybridized carbons (Fsp3) is 0.455. The highest BCUT2D eigenvalue weighted by atomic mass is 35.5. The highest BCUT2D eigenvalue weighted by molar-refractivity contribution is 7.89. The van der Waals surface area contributed by atoms with E-state index in [4.69, 9.17) is 28.9 Å². The Morgan fingerprint density at radius 3 is 2.58 bits per heavy atom. The molecule has 1 fully saturated rings. The smallest absolute Gasteiger partial charge is 0.242 e. The first-order chi connectivity index (χ1) is 8.86. The monoisotopic (exact) mass is 326 g/mol. The van der Waals surface area contributed by atoms with Crippen LogP contribution in [0.1, 0.15) is 12.8 Å². The number of nitrogens with one attached hydrogen (secondary N) is 1. The summed E-state index contributed by atoms with van der Waals surface area (Å²) in [7, 11) is -3.91. The van der Waals surface area contributed by atoms with Gasteiger partial charge in [-0.15, -0.1) is 0 Å². The first-order valence-corrected chi connectivity index (χ1v) is 7.96. The summed E-state index contributed by atoms with van der Waals surface area (Å²) in [5.41, 5.74) is 5.54. The van der Waals surface area contributed by atoms with Gasteiger partial charge in [0.25, 0.3) is 0 Å². The van der Waals surface area contributed by atoms with E-state index in [9.17, 15) is 12.8 Å². The van der Waals surface area contributed by atoms with Crippen molar-refractivity contribution in [1.82, 2.24) is 4.72 Å². The molecule has 1 saturated carbocycles. The van der Waals surface area contributed by atoms with Gasteiger partial charge in [-0.05, 0) is 30.9 Å². The maximum absolute atomic E-state index is 13.5. The molecule has 3 N–H and O–H groups in total. The van der Waals surface area contributed by atoms with Gasteiger partial charge < -0.3 is 5.73 Å². The van der Waals surface area contributed by atoms with Crippen LogP contribution >= 0.6 is 23.2 Å². The highest BCUT2D eigenvalue weighted by Gasteiger charge is 2.34. The Morgan fingerprint density at radius 1 is 1.42 bits per heavy atom. The van der Waals surface area contributed by atoms with Crippen molar-refractivity contribution in [2.24, 2.45) is 11.7 Å². The molecule has 19 heavy (non-hydrogen) atoms. The Bertz CT molecular complexity index is 591. The van der Waals surface area contributed by atoms with E-state index < -0.39 is 20.9 Å². The van der Waals surface area contributed by atoms with Gasteiger partial charge in [-0.1, -0.05) is 23.2 Å². The first-order valence-electron chi connectivity index (χ1n) is 5.72. The van der Waals surface area contributed by atoms with Crippen molar-refractivity contribution < 1.29 is 12.8 Å². The van der Waals surface area contributed by atoms with Crippen LogP contribution in [0.25, 0.3) is 0 Å². The van der Waals surface area contributed by atoms with Crippen LogP contribution in [0.4, 0.5) is 4.39 Å². The van der Waals surface area contributed by atoms with E-state index in [1.54, 1.807) is 0 Å². The zero-order valence-corrected chi connectivity index (χ0v) is 12.2. The van der Waals surface area contributed by atoms with Crippen LogP contribution in [0.2, 0.25) is 10.0 Å². The number of rotatable bonds is 5. The molecule has 0 spiro atoms. The normalized spacial score (nSPS) is 17.5. The molecule has 1 aromatic rings. The molecular formula is C11H13Cl2FN2O2S. The largest absolute Gasteiger partial charge is 0.329 e. The van der Waals surface area contributed by atoms with Gasteiger partial charge in [-0.25, -0.2) is 17.5 Å². The zero-order chi connectivity index (χ0) is 14.2. The quantitative estimate of drug-likeness (QED) is 0.814. The molecule has 106 valence electrons. The Morgan fingerprint density at radius 2 is 2.05 bits per heavy atom. The van der Waals surface area contributed by atoms with Crippen molar-refractivity contribution in [3.05, 3.63) is 28.0 Å². The van der Waals surface area contributed by atoms with Crippen LogP contribution in [0.15, 0.2) is 17.0 Å². The lowest BCUT2D eigenvalue weighted by Crippen LogP contribution is -2.41. The van der Waals surface area contributed by atoms with Gasteiger partial charge in [0.1, 0.15) is 4.90 Å². The van der Waals surface area contributed by atoms with Gasteiger partial charge in [-0.2, -0.15) is 0 Å². The second kappa shape index (κ2) is 5.54. The van der Waals surface area contributed by atoms with Gasteiger partial charge in [-0.3, -0.25) is 0 Å². The van der Waals surface area contributed by atoms with E-state index in [1.165, 1.54) is 6.07 Å². The SMILES string of the molecule is NCC(NS(=O)(=O)c1ccc(Cl)c(F)c1Cl)C1CC1. The predicted molar refractivity (Wildman–Crippen MR) is 72.3 cm³/mol. The average Bonchev–Trinajstić information content (AvgIpc) is 3.17. The molecule has 0 heterocycles. The number of hydrogen-bond acceptors (Lipinski definition) is 3. The van der Waals surface area contributed by atoms with Crippen LogP contribution in [-0.4, -0.2) is 21.0 Å². The van der Waals surface area contributed by atoms with Crippen molar-refractivity contribution >= 4 is 33.2 Å². The minimum absolute atomic E-state index is 0.192. The summed E-state index contributed by atoms with van der Waals surface area (Å²) in [6.07, 6.45) is 1.88. The summed E-state index contributed by atoms with van der Waals surface area (Å²) in [4.78, 5) is -0.324. The van der Waals surface area contributed by atoms with Gasteiger partial charge in [0.2, 0.25) is 10.0 Å². The Balaban J connectivity index is 2.31. The fourth-order valence-corrected chi connectivity index (χ4v) is 3.88. The fourth-order valence-electron chi connectivity index (χ4n) is 1.81. The third-order valence-electron chi connectivity index (χ3n) is 3.04. The van der Waals surface area contributed by atoms with Crippen LogP contribution < -0.4 is 10.5 Å². The van der Waals surface area contributed by atoms with Gasteiger partial charge in [0, 0.05) is 12.6 Å². The van der Waals surface area contributed by atoms with Crippen molar-refractivity contribution in [1.29, 1.82) is 0 Å². The lowest BCUT2D eigenvalue weighted by Gasteiger charge is -2.17. The molecule has 2 rings (SSSR count). The van der Waals surface area contributed by atoms with Crippen molar-refractivity contribution in [3.63, 3.8) is 0 Å². The lowest BCUT2D eigenvalue weighted by atomic mass is 10.2. The lowest BCUT2D eigenvalue weighted by molar-refractivity contribution is 0.518. The standard InChI is InChI=1S/C11H13Cl2FN2O2S/c12-7-3-4-9(10(13)11(7)14)19(17,18)16-8(5-15)6-1-2-6/h3-4,6,8,16H,1-2,5,15H2. The number of nitrogens with two attached hydrogens (primary N) is 1. The molecule has 0 amide bonds. The van der Waals surface area contributed by atoms with Crippen LogP contribution in [0.5, 0.6) is 0 Å².